The number of ether oxygens (including phenoxy) is 1. The smallest absolute Gasteiger partial charge is 0.167 e. The van der Waals surface area contributed by atoms with Crippen LogP contribution in [0.2, 0.25) is 0 Å². The Labute approximate surface area is 92.6 Å². The van der Waals surface area contributed by atoms with Crippen molar-refractivity contribution >= 4 is 11.3 Å². The van der Waals surface area contributed by atoms with E-state index >= 15 is 0 Å². The molecule has 1 aromatic heterocycles. The van der Waals surface area contributed by atoms with Crippen LogP contribution in [-0.2, 0) is 0 Å². The topological polar surface area (TPSA) is 22.1 Å². The largest absolute Gasteiger partial charge is 0.497 e. The number of methoxy groups -OCH3 is 1. The lowest BCUT2D eigenvalue weighted by Gasteiger charge is -1.97. The first kappa shape index (κ1) is 9.75. The van der Waals surface area contributed by atoms with Crippen molar-refractivity contribution in [1.29, 1.82) is 0 Å². The Bertz CT molecular complexity index is 477. The molecular weight excluding hydrogens is 206 g/mol. The molecule has 0 spiro atoms. The SMILES string of the molecule is COc1ccc(C#Cc2nccs2)cc1. The monoisotopic (exact) mass is 215 g/mol. The number of hydrogen-bond acceptors (Lipinski definition) is 3. The molecule has 0 fully saturated rings. The highest BCUT2D eigenvalue weighted by Gasteiger charge is 1.90. The van der Waals surface area contributed by atoms with Crippen molar-refractivity contribution in [2.24, 2.45) is 0 Å². The summed E-state index contributed by atoms with van der Waals surface area (Å²) in [5, 5.41) is 2.75. The van der Waals surface area contributed by atoms with Gasteiger partial charge in [0.25, 0.3) is 0 Å². The predicted octanol–water partition coefficient (Wildman–Crippen LogP) is 2.55. The van der Waals surface area contributed by atoms with E-state index in [0.717, 1.165) is 16.3 Å². The maximum Gasteiger partial charge on any atom is 0.167 e. The van der Waals surface area contributed by atoms with Crippen molar-refractivity contribution in [3.63, 3.8) is 0 Å². The van der Waals surface area contributed by atoms with E-state index in [-0.39, 0.29) is 0 Å². The third-order valence-corrected chi connectivity index (χ3v) is 2.52. The lowest BCUT2D eigenvalue weighted by molar-refractivity contribution is 0.415. The van der Waals surface area contributed by atoms with Crippen LogP contribution in [-0.4, -0.2) is 12.1 Å². The molecule has 0 saturated carbocycles. The minimum atomic E-state index is 0.839. The number of rotatable bonds is 1. The molecule has 0 bridgehead atoms. The van der Waals surface area contributed by atoms with E-state index in [0.29, 0.717) is 0 Å². The molecular formula is C12H9NOS. The summed E-state index contributed by atoms with van der Waals surface area (Å²) in [6, 6.07) is 7.65. The van der Waals surface area contributed by atoms with E-state index < -0.39 is 0 Å². The first-order valence-corrected chi connectivity index (χ1v) is 5.32. The molecule has 0 saturated heterocycles. The number of hydrogen-bond donors (Lipinski definition) is 0. The highest BCUT2D eigenvalue weighted by molar-refractivity contribution is 7.10. The van der Waals surface area contributed by atoms with Gasteiger partial charge in [-0.25, -0.2) is 4.98 Å². The van der Waals surface area contributed by atoms with Crippen molar-refractivity contribution in [1.82, 2.24) is 4.98 Å². The number of thiazole rings is 1. The maximum atomic E-state index is 5.06. The summed E-state index contributed by atoms with van der Waals surface area (Å²) in [7, 11) is 1.65. The Morgan fingerprint density at radius 3 is 2.60 bits per heavy atom. The normalized spacial score (nSPS) is 9.13. The molecule has 74 valence electrons. The second-order valence-electron chi connectivity index (χ2n) is 2.82. The highest BCUT2D eigenvalue weighted by atomic mass is 32.1. The number of aromatic nitrogens is 1. The van der Waals surface area contributed by atoms with Gasteiger partial charge in [0.05, 0.1) is 7.11 Å². The van der Waals surface area contributed by atoms with Gasteiger partial charge in [0.15, 0.2) is 5.01 Å². The third kappa shape index (κ3) is 2.58. The van der Waals surface area contributed by atoms with E-state index in [1.165, 1.54) is 0 Å². The van der Waals surface area contributed by atoms with E-state index in [4.69, 9.17) is 4.74 Å². The highest BCUT2D eigenvalue weighted by Crippen LogP contribution is 2.10. The van der Waals surface area contributed by atoms with Crippen LogP contribution >= 0.6 is 11.3 Å². The van der Waals surface area contributed by atoms with Crippen LogP contribution in [0, 0.1) is 11.8 Å². The zero-order valence-electron chi connectivity index (χ0n) is 8.23. The van der Waals surface area contributed by atoms with Gasteiger partial charge in [-0.3, -0.25) is 0 Å². The van der Waals surface area contributed by atoms with Gasteiger partial charge in [-0.05, 0) is 30.2 Å². The van der Waals surface area contributed by atoms with Crippen LogP contribution < -0.4 is 4.74 Å². The average molecular weight is 215 g/mol. The fraction of sp³-hybridized carbons (Fsp3) is 0.0833. The zero-order valence-corrected chi connectivity index (χ0v) is 9.04. The van der Waals surface area contributed by atoms with Crippen molar-refractivity contribution in [2.75, 3.05) is 7.11 Å². The Balaban J connectivity index is 2.17. The quantitative estimate of drug-likeness (QED) is 0.682. The molecule has 0 aliphatic heterocycles. The molecule has 2 aromatic rings. The molecule has 15 heavy (non-hydrogen) atoms. The van der Waals surface area contributed by atoms with Crippen LogP contribution in [0.1, 0.15) is 10.6 Å². The Morgan fingerprint density at radius 1 is 1.20 bits per heavy atom. The van der Waals surface area contributed by atoms with Gasteiger partial charge in [-0.1, -0.05) is 5.92 Å². The second-order valence-corrected chi connectivity index (χ2v) is 3.71. The first-order chi connectivity index (χ1) is 7.38. The van der Waals surface area contributed by atoms with Crippen molar-refractivity contribution in [2.45, 2.75) is 0 Å². The Hall–Kier alpha value is -1.79. The van der Waals surface area contributed by atoms with Crippen LogP contribution in [0.4, 0.5) is 0 Å². The molecule has 3 heteroatoms. The average Bonchev–Trinajstić information content (AvgIpc) is 2.80. The van der Waals surface area contributed by atoms with Gasteiger partial charge < -0.3 is 4.74 Å². The summed E-state index contributed by atoms with van der Waals surface area (Å²) in [5.41, 5.74) is 0.964. The molecule has 2 nitrogen and oxygen atoms in total. The Kier molecular flexibility index (Phi) is 3.01. The molecule has 0 amide bonds. The molecule has 0 radical (unpaired) electrons. The predicted molar refractivity (Wildman–Crippen MR) is 61.1 cm³/mol. The molecule has 0 N–H and O–H groups in total. The molecule has 1 aromatic carbocycles. The minimum absolute atomic E-state index is 0.839. The van der Waals surface area contributed by atoms with Crippen molar-refractivity contribution in [3.8, 4) is 17.6 Å². The number of nitrogens with zero attached hydrogens (tertiary/aromatic N) is 1. The summed E-state index contributed by atoms with van der Waals surface area (Å²) >= 11 is 1.54. The number of benzene rings is 1. The van der Waals surface area contributed by atoms with Crippen LogP contribution in [0.25, 0.3) is 0 Å². The lowest BCUT2D eigenvalue weighted by Crippen LogP contribution is -1.81. The lowest BCUT2D eigenvalue weighted by atomic mass is 10.2. The molecule has 0 unspecified atom stereocenters. The van der Waals surface area contributed by atoms with E-state index in [9.17, 15) is 0 Å². The van der Waals surface area contributed by atoms with Gasteiger partial charge in [0.1, 0.15) is 5.75 Å². The third-order valence-electron chi connectivity index (χ3n) is 1.84. The van der Waals surface area contributed by atoms with Crippen LogP contribution in [0.3, 0.4) is 0 Å². The zero-order chi connectivity index (χ0) is 10.5. The van der Waals surface area contributed by atoms with Gasteiger partial charge in [0, 0.05) is 17.1 Å². The van der Waals surface area contributed by atoms with Crippen LogP contribution in [0.15, 0.2) is 35.8 Å². The fourth-order valence-corrected chi connectivity index (χ4v) is 1.57. The first-order valence-electron chi connectivity index (χ1n) is 4.44. The van der Waals surface area contributed by atoms with Crippen molar-refractivity contribution < 1.29 is 4.74 Å². The van der Waals surface area contributed by atoms with Gasteiger partial charge in [-0.15, -0.1) is 11.3 Å². The molecule has 1 heterocycles. The molecule has 0 aliphatic carbocycles. The summed E-state index contributed by atoms with van der Waals surface area (Å²) in [5.74, 6) is 6.88. The molecule has 0 aliphatic rings. The second kappa shape index (κ2) is 4.63. The summed E-state index contributed by atoms with van der Waals surface area (Å²) in [6.07, 6.45) is 1.75. The Morgan fingerprint density at radius 2 is 2.00 bits per heavy atom. The maximum absolute atomic E-state index is 5.06. The standard InChI is InChI=1S/C12H9NOS/c1-14-11-5-2-10(3-6-11)4-7-12-13-8-9-15-12/h2-3,5-6,8-9H,1H3. The molecule has 2 rings (SSSR count). The van der Waals surface area contributed by atoms with Crippen LogP contribution in [0.5, 0.6) is 5.75 Å². The fourth-order valence-electron chi connectivity index (χ4n) is 1.09. The molecule has 0 atom stereocenters. The van der Waals surface area contributed by atoms with E-state index in [1.54, 1.807) is 24.6 Å². The van der Waals surface area contributed by atoms with Gasteiger partial charge in [0.2, 0.25) is 0 Å². The van der Waals surface area contributed by atoms with E-state index in [2.05, 4.69) is 16.8 Å². The van der Waals surface area contributed by atoms with Gasteiger partial charge in [-0.2, -0.15) is 0 Å². The minimum Gasteiger partial charge on any atom is -0.497 e. The summed E-state index contributed by atoms with van der Waals surface area (Å²) in [4.78, 5) is 4.09. The van der Waals surface area contributed by atoms with Crippen molar-refractivity contribution in [3.05, 3.63) is 46.4 Å². The summed E-state index contributed by atoms with van der Waals surface area (Å²) in [6.45, 7) is 0. The van der Waals surface area contributed by atoms with Gasteiger partial charge >= 0.3 is 0 Å². The van der Waals surface area contributed by atoms with E-state index in [1.807, 2.05) is 29.6 Å². The summed E-state index contributed by atoms with van der Waals surface area (Å²) < 4.78 is 5.06.